The zero-order valence-corrected chi connectivity index (χ0v) is 30.4. The molecule has 3 heteroatoms. The van der Waals surface area contributed by atoms with Crippen molar-refractivity contribution in [2.24, 2.45) is 0 Å². The normalized spacial score (nSPS) is 11.6. The van der Waals surface area contributed by atoms with Crippen LogP contribution in [0.2, 0.25) is 0 Å². The molecule has 0 aliphatic heterocycles. The highest BCUT2D eigenvalue weighted by Crippen LogP contribution is 2.43. The maximum atomic E-state index is 5.41. The fourth-order valence-electron chi connectivity index (χ4n) is 8.28. The number of pyridine rings is 1. The smallest absolute Gasteiger partial charge is 0.160 e. The minimum absolute atomic E-state index is 0.691. The second kappa shape index (κ2) is 13.1. The summed E-state index contributed by atoms with van der Waals surface area (Å²) in [5.41, 5.74) is 9.87. The van der Waals surface area contributed by atoms with Gasteiger partial charge in [0, 0.05) is 44.0 Å². The van der Waals surface area contributed by atoms with Crippen LogP contribution in [0, 0.1) is 0 Å². The first-order chi connectivity index (χ1) is 27.7. The Kier molecular flexibility index (Phi) is 7.49. The second-order valence-electron chi connectivity index (χ2n) is 14.4. The van der Waals surface area contributed by atoms with Crippen molar-refractivity contribution in [1.29, 1.82) is 0 Å². The average Bonchev–Trinajstić information content (AvgIpc) is 3.28. The van der Waals surface area contributed by atoms with Crippen molar-refractivity contribution in [2.75, 3.05) is 0 Å². The molecule has 0 spiro atoms. The molecular weight excluding hydrogens is 679 g/mol. The number of rotatable bonds is 5. The summed E-state index contributed by atoms with van der Waals surface area (Å²) < 4.78 is 0. The topological polar surface area (TPSA) is 38.7 Å². The van der Waals surface area contributed by atoms with Crippen molar-refractivity contribution in [1.82, 2.24) is 15.0 Å². The van der Waals surface area contributed by atoms with Gasteiger partial charge in [0.1, 0.15) is 0 Å². The number of hydrogen-bond donors (Lipinski definition) is 0. The van der Waals surface area contributed by atoms with Crippen molar-refractivity contribution in [3.63, 3.8) is 0 Å². The monoisotopic (exact) mass is 711 g/mol. The van der Waals surface area contributed by atoms with E-state index in [-0.39, 0.29) is 0 Å². The minimum atomic E-state index is 0.691. The van der Waals surface area contributed by atoms with Crippen LogP contribution in [0.4, 0.5) is 0 Å². The van der Waals surface area contributed by atoms with Crippen LogP contribution in [0.25, 0.3) is 110 Å². The van der Waals surface area contributed by atoms with Gasteiger partial charge in [-0.2, -0.15) is 0 Å². The highest BCUT2D eigenvalue weighted by atomic mass is 14.9. The van der Waals surface area contributed by atoms with Gasteiger partial charge in [0.25, 0.3) is 0 Å². The van der Waals surface area contributed by atoms with Gasteiger partial charge >= 0.3 is 0 Å². The van der Waals surface area contributed by atoms with E-state index in [2.05, 4.69) is 182 Å². The molecule has 0 aliphatic rings. The highest BCUT2D eigenvalue weighted by Gasteiger charge is 2.22. The molecule has 11 aromatic rings. The van der Waals surface area contributed by atoms with E-state index in [1.165, 1.54) is 37.7 Å². The Bertz CT molecular complexity index is 3180. The lowest BCUT2D eigenvalue weighted by Gasteiger charge is -2.18. The summed E-state index contributed by atoms with van der Waals surface area (Å²) in [6.07, 6.45) is 0. The van der Waals surface area contributed by atoms with E-state index < -0.39 is 0 Å². The first kappa shape index (κ1) is 32.0. The molecule has 0 fully saturated rings. The molecule has 0 unspecified atom stereocenters. The van der Waals surface area contributed by atoms with Gasteiger partial charge in [-0.05, 0) is 56.1 Å². The molecule has 3 nitrogen and oxygen atoms in total. The van der Waals surface area contributed by atoms with E-state index in [1.807, 2.05) is 18.2 Å². The van der Waals surface area contributed by atoms with Crippen LogP contribution in [0.15, 0.2) is 200 Å². The molecular formula is C53H33N3. The molecule has 0 bridgehead atoms. The molecule has 56 heavy (non-hydrogen) atoms. The highest BCUT2D eigenvalue weighted by molar-refractivity contribution is 6.22. The van der Waals surface area contributed by atoms with E-state index in [1.54, 1.807) is 0 Å². The van der Waals surface area contributed by atoms with E-state index >= 15 is 0 Å². The largest absolute Gasteiger partial charge is 0.247 e. The molecule has 260 valence electrons. The van der Waals surface area contributed by atoms with Crippen LogP contribution in [0.3, 0.4) is 0 Å². The summed E-state index contributed by atoms with van der Waals surface area (Å²) in [6.45, 7) is 0. The lowest BCUT2D eigenvalue weighted by molar-refractivity contribution is 1.19. The zero-order chi connectivity index (χ0) is 37.0. The number of hydrogen-bond acceptors (Lipinski definition) is 3. The van der Waals surface area contributed by atoms with E-state index in [0.29, 0.717) is 5.82 Å². The van der Waals surface area contributed by atoms with Gasteiger partial charge in [-0.1, -0.05) is 182 Å². The molecule has 0 atom stereocenters. The van der Waals surface area contributed by atoms with Crippen LogP contribution in [-0.2, 0) is 0 Å². The molecule has 0 amide bonds. The number of nitrogens with zero attached hydrogens (tertiary/aromatic N) is 3. The van der Waals surface area contributed by atoms with Gasteiger partial charge in [-0.25, -0.2) is 15.0 Å². The molecule has 0 saturated carbocycles. The second-order valence-corrected chi connectivity index (χ2v) is 14.4. The quantitative estimate of drug-likeness (QED) is 0.167. The van der Waals surface area contributed by atoms with Crippen molar-refractivity contribution >= 4 is 54.0 Å². The van der Waals surface area contributed by atoms with Gasteiger partial charge in [-0.15, -0.1) is 0 Å². The third-order valence-electron chi connectivity index (χ3n) is 11.0. The summed E-state index contributed by atoms with van der Waals surface area (Å²) in [5.74, 6) is 0.691. The Morgan fingerprint density at radius 3 is 1.43 bits per heavy atom. The lowest BCUT2D eigenvalue weighted by atomic mass is 9.91. The third-order valence-corrected chi connectivity index (χ3v) is 11.0. The molecule has 0 saturated heterocycles. The molecule has 2 heterocycles. The maximum Gasteiger partial charge on any atom is 0.160 e. The predicted molar refractivity (Wildman–Crippen MR) is 235 cm³/mol. The van der Waals surface area contributed by atoms with Crippen molar-refractivity contribution in [3.8, 4) is 56.3 Å². The average molecular weight is 712 g/mol. The summed E-state index contributed by atoms with van der Waals surface area (Å²) in [7, 11) is 0. The summed E-state index contributed by atoms with van der Waals surface area (Å²) >= 11 is 0. The third kappa shape index (κ3) is 5.40. The number of benzene rings is 9. The van der Waals surface area contributed by atoms with Crippen LogP contribution < -0.4 is 0 Å². The minimum Gasteiger partial charge on any atom is -0.247 e. The van der Waals surface area contributed by atoms with Crippen molar-refractivity contribution in [3.05, 3.63) is 200 Å². The van der Waals surface area contributed by atoms with E-state index in [9.17, 15) is 0 Å². The number of para-hydroxylation sites is 1. The van der Waals surface area contributed by atoms with Gasteiger partial charge in [0.15, 0.2) is 5.82 Å². The van der Waals surface area contributed by atoms with Crippen molar-refractivity contribution in [2.45, 2.75) is 0 Å². The van der Waals surface area contributed by atoms with Crippen LogP contribution in [0.5, 0.6) is 0 Å². The fraction of sp³-hybridized carbons (Fsp3) is 0. The maximum absolute atomic E-state index is 5.41. The summed E-state index contributed by atoms with van der Waals surface area (Å²) in [6, 6.07) is 71.0. The lowest BCUT2D eigenvalue weighted by Crippen LogP contribution is -2.01. The van der Waals surface area contributed by atoms with E-state index in [0.717, 1.165) is 66.8 Å². The van der Waals surface area contributed by atoms with Crippen molar-refractivity contribution < 1.29 is 0 Å². The predicted octanol–water partition coefficient (Wildman–Crippen LogP) is 14.0. The Balaban J connectivity index is 1.17. The zero-order valence-electron chi connectivity index (χ0n) is 30.4. The van der Waals surface area contributed by atoms with E-state index in [4.69, 9.17) is 15.0 Å². The van der Waals surface area contributed by atoms with Gasteiger partial charge in [0.05, 0.1) is 22.6 Å². The first-order valence-electron chi connectivity index (χ1n) is 19.0. The summed E-state index contributed by atoms with van der Waals surface area (Å²) in [5, 5.41) is 10.7. The van der Waals surface area contributed by atoms with Gasteiger partial charge in [-0.3, -0.25) is 0 Å². The number of fused-ring (bicyclic) bond motifs is 7. The van der Waals surface area contributed by atoms with Crippen LogP contribution >= 0.6 is 0 Å². The first-order valence-corrected chi connectivity index (χ1v) is 19.0. The SMILES string of the molecule is c1ccc(-c2nc(-c3ccc4ccccc4c3)c(-c3ccc(-c4nc5ccccc5c5c4ccc4ccccc45)cc3)c(-c3ccc4ccccc4c3)n2)cc1. The van der Waals surface area contributed by atoms with Gasteiger partial charge < -0.3 is 0 Å². The molecule has 9 aromatic carbocycles. The Hall–Kier alpha value is -7.49. The number of aromatic nitrogens is 3. The molecule has 0 aliphatic carbocycles. The fourth-order valence-corrected chi connectivity index (χ4v) is 8.28. The standard InChI is InChI=1S/C53H33N3/c1-2-15-39(16-3-1)53-55-51(42-28-22-34-12-4-6-17-40(34)32-42)48(52(56-53)43-29-23-35-13-5-7-18-41(35)33-43)37-24-26-38(27-25-37)50-46-31-30-36-14-8-9-19-44(36)49(46)45-20-10-11-21-47(45)54-50/h1-33H. The molecule has 0 radical (unpaired) electrons. The summed E-state index contributed by atoms with van der Waals surface area (Å²) in [4.78, 5) is 16.1. The van der Waals surface area contributed by atoms with Gasteiger partial charge in [0.2, 0.25) is 0 Å². The Morgan fingerprint density at radius 1 is 0.268 bits per heavy atom. The molecule has 11 rings (SSSR count). The van der Waals surface area contributed by atoms with Crippen LogP contribution in [-0.4, -0.2) is 15.0 Å². The molecule has 2 aromatic heterocycles. The Morgan fingerprint density at radius 2 is 0.768 bits per heavy atom. The molecule has 0 N–H and O–H groups in total. The Labute approximate surface area is 324 Å². The van der Waals surface area contributed by atoms with Crippen LogP contribution in [0.1, 0.15) is 0 Å².